The molecule has 6 heteroatoms. The second-order valence-electron chi connectivity index (χ2n) is 8.33. The maximum Gasteiger partial charge on any atom is 0.344 e. The molecular weight excluding hydrogens is 420 g/mol. The highest BCUT2D eigenvalue weighted by atomic mass is 16.5. The van der Waals surface area contributed by atoms with E-state index in [0.29, 0.717) is 28.0 Å². The first-order chi connectivity index (χ1) is 16.1. The molecule has 4 aromatic rings. The van der Waals surface area contributed by atoms with Gasteiger partial charge in [-0.3, -0.25) is 4.79 Å². The van der Waals surface area contributed by atoms with Crippen molar-refractivity contribution in [2.75, 3.05) is 13.7 Å². The number of rotatable bonds is 2. The number of ether oxygens (including phenoxy) is 3. The van der Waals surface area contributed by atoms with Crippen LogP contribution in [0.3, 0.4) is 0 Å². The number of hydrogen-bond acceptors (Lipinski definition) is 6. The molecule has 3 atom stereocenters. The molecular formula is C27H20O6. The van der Waals surface area contributed by atoms with Gasteiger partial charge < -0.3 is 18.6 Å². The van der Waals surface area contributed by atoms with Crippen molar-refractivity contribution in [3.63, 3.8) is 0 Å². The van der Waals surface area contributed by atoms with Crippen molar-refractivity contribution in [3.05, 3.63) is 106 Å². The third-order valence-electron chi connectivity index (χ3n) is 6.66. The molecule has 164 valence electrons. The molecule has 0 amide bonds. The van der Waals surface area contributed by atoms with Crippen LogP contribution < -0.4 is 15.1 Å². The first kappa shape index (κ1) is 19.6. The fourth-order valence-corrected chi connectivity index (χ4v) is 5.21. The monoisotopic (exact) mass is 440 g/mol. The molecule has 0 fully saturated rings. The largest absolute Gasteiger partial charge is 0.492 e. The Kier molecular flexibility index (Phi) is 4.30. The van der Waals surface area contributed by atoms with E-state index in [2.05, 4.69) is 0 Å². The zero-order chi connectivity index (χ0) is 22.6. The Bertz CT molecular complexity index is 1440. The minimum atomic E-state index is -1.30. The Balaban J connectivity index is 1.74. The van der Waals surface area contributed by atoms with Crippen LogP contribution in [0, 0.1) is 5.41 Å². The molecule has 0 bridgehead atoms. The van der Waals surface area contributed by atoms with Gasteiger partial charge in [-0.15, -0.1) is 0 Å². The molecule has 0 unspecified atom stereocenters. The molecule has 0 saturated heterocycles. The number of carbonyl (C=O) groups excluding carboxylic acids is 1. The summed E-state index contributed by atoms with van der Waals surface area (Å²) in [5.74, 6) is 0.281. The van der Waals surface area contributed by atoms with Crippen LogP contribution >= 0.6 is 0 Å². The second kappa shape index (κ2) is 7.24. The zero-order valence-corrected chi connectivity index (χ0v) is 17.8. The van der Waals surface area contributed by atoms with Crippen LogP contribution in [0.5, 0.6) is 11.5 Å². The lowest BCUT2D eigenvalue weighted by Gasteiger charge is -2.49. The summed E-state index contributed by atoms with van der Waals surface area (Å²) < 4.78 is 23.9. The third kappa shape index (κ3) is 2.67. The first-order valence-corrected chi connectivity index (χ1v) is 10.7. The van der Waals surface area contributed by atoms with E-state index in [1.165, 1.54) is 7.11 Å². The highest BCUT2D eigenvalue weighted by Crippen LogP contribution is 2.61. The zero-order valence-electron chi connectivity index (χ0n) is 17.8. The molecule has 0 N–H and O–H groups in total. The lowest BCUT2D eigenvalue weighted by molar-refractivity contribution is -0.169. The molecule has 1 aromatic heterocycles. The summed E-state index contributed by atoms with van der Waals surface area (Å²) in [6.07, 6.45) is -0.729. The van der Waals surface area contributed by atoms with Gasteiger partial charge in [-0.25, -0.2) is 4.79 Å². The molecule has 33 heavy (non-hydrogen) atoms. The van der Waals surface area contributed by atoms with E-state index < -0.39 is 29.0 Å². The molecule has 2 aliphatic heterocycles. The van der Waals surface area contributed by atoms with Crippen LogP contribution in [0.4, 0.5) is 0 Å². The number of para-hydroxylation sites is 1. The smallest absolute Gasteiger partial charge is 0.344 e. The van der Waals surface area contributed by atoms with E-state index in [1.807, 2.05) is 66.7 Å². The number of esters is 1. The SMILES string of the molecule is COC(=O)[C@@]12COc3ccccc3[C@@H]1c1oc(=O)c3ccccc3c1O[C@@H]2c1ccccc1. The maximum atomic E-state index is 13.6. The van der Waals surface area contributed by atoms with Crippen molar-refractivity contribution >= 4 is 16.7 Å². The lowest BCUT2D eigenvalue weighted by atomic mass is 9.63. The van der Waals surface area contributed by atoms with E-state index in [4.69, 9.17) is 18.6 Å². The van der Waals surface area contributed by atoms with Crippen molar-refractivity contribution < 1.29 is 23.4 Å². The minimum Gasteiger partial charge on any atom is -0.492 e. The average Bonchev–Trinajstić information content (AvgIpc) is 2.88. The van der Waals surface area contributed by atoms with Gasteiger partial charge in [0.25, 0.3) is 0 Å². The molecule has 6 nitrogen and oxygen atoms in total. The summed E-state index contributed by atoms with van der Waals surface area (Å²) in [5, 5.41) is 1.07. The summed E-state index contributed by atoms with van der Waals surface area (Å²) in [7, 11) is 1.35. The summed E-state index contributed by atoms with van der Waals surface area (Å²) in [6, 6.07) is 24.2. The molecule has 3 heterocycles. The van der Waals surface area contributed by atoms with E-state index in [0.717, 1.165) is 11.1 Å². The van der Waals surface area contributed by atoms with Gasteiger partial charge in [0, 0.05) is 10.9 Å². The fraction of sp³-hybridized carbons (Fsp3) is 0.185. The van der Waals surface area contributed by atoms with E-state index in [1.54, 1.807) is 12.1 Å². The topological polar surface area (TPSA) is 75.0 Å². The molecule has 6 rings (SSSR count). The Hall–Kier alpha value is -4.06. The van der Waals surface area contributed by atoms with E-state index in [9.17, 15) is 9.59 Å². The molecule has 0 saturated carbocycles. The van der Waals surface area contributed by atoms with Crippen molar-refractivity contribution in [2.45, 2.75) is 12.0 Å². The van der Waals surface area contributed by atoms with Crippen LogP contribution in [-0.4, -0.2) is 19.7 Å². The predicted molar refractivity (Wildman–Crippen MR) is 121 cm³/mol. The van der Waals surface area contributed by atoms with Gasteiger partial charge in [-0.1, -0.05) is 66.7 Å². The van der Waals surface area contributed by atoms with Gasteiger partial charge in [0.15, 0.2) is 16.9 Å². The summed E-state index contributed by atoms with van der Waals surface area (Å²) in [6.45, 7) is 0.0108. The normalized spacial score (nSPS) is 22.8. The Labute approximate surface area is 189 Å². The van der Waals surface area contributed by atoms with Gasteiger partial charge >= 0.3 is 11.6 Å². The minimum absolute atomic E-state index is 0.0108. The highest BCUT2D eigenvalue weighted by molar-refractivity contribution is 5.90. The van der Waals surface area contributed by atoms with Gasteiger partial charge in [-0.05, 0) is 17.7 Å². The van der Waals surface area contributed by atoms with Gasteiger partial charge in [0.05, 0.1) is 18.4 Å². The lowest BCUT2D eigenvalue weighted by Crippen LogP contribution is -2.54. The number of hydrogen-bond donors (Lipinski definition) is 0. The van der Waals surface area contributed by atoms with E-state index in [-0.39, 0.29) is 6.61 Å². The molecule has 0 spiro atoms. The first-order valence-electron chi connectivity index (χ1n) is 10.7. The molecule has 0 aliphatic carbocycles. The number of benzene rings is 3. The quantitative estimate of drug-likeness (QED) is 0.424. The van der Waals surface area contributed by atoms with Gasteiger partial charge in [0.2, 0.25) is 0 Å². The molecule has 2 aliphatic rings. The number of fused-ring (bicyclic) bond motifs is 7. The van der Waals surface area contributed by atoms with Crippen LogP contribution in [-0.2, 0) is 9.53 Å². The van der Waals surface area contributed by atoms with Crippen LogP contribution in [0.15, 0.2) is 88.1 Å². The third-order valence-corrected chi connectivity index (χ3v) is 6.66. The Morgan fingerprint density at radius 1 is 0.939 bits per heavy atom. The van der Waals surface area contributed by atoms with E-state index >= 15 is 0 Å². The molecule has 3 aromatic carbocycles. The summed E-state index contributed by atoms with van der Waals surface area (Å²) >= 11 is 0. The standard InChI is InChI=1S/C27H20O6/c1-30-26(29)27-15-31-20-14-8-7-13-19(20)21(27)23-22(32-24(27)16-9-3-2-4-10-16)17-11-5-6-12-18(17)25(28)33-23/h2-14,21,24H,15H2,1H3/t21-,24-,27+/m1/s1. The Morgan fingerprint density at radius 3 is 2.42 bits per heavy atom. The van der Waals surface area contributed by atoms with Crippen molar-refractivity contribution in [2.24, 2.45) is 5.41 Å². The van der Waals surface area contributed by atoms with Crippen molar-refractivity contribution in [1.82, 2.24) is 0 Å². The van der Waals surface area contributed by atoms with Crippen molar-refractivity contribution in [3.8, 4) is 11.5 Å². The number of carbonyl (C=O) groups is 1. The Morgan fingerprint density at radius 2 is 1.64 bits per heavy atom. The maximum absolute atomic E-state index is 13.6. The fourth-order valence-electron chi connectivity index (χ4n) is 5.21. The van der Waals surface area contributed by atoms with Gasteiger partial charge in [0.1, 0.15) is 18.5 Å². The van der Waals surface area contributed by atoms with Crippen molar-refractivity contribution in [1.29, 1.82) is 0 Å². The van der Waals surface area contributed by atoms with Crippen LogP contribution in [0.1, 0.15) is 28.9 Å². The highest BCUT2D eigenvalue weighted by Gasteiger charge is 2.63. The number of methoxy groups -OCH3 is 1. The van der Waals surface area contributed by atoms with Crippen LogP contribution in [0.2, 0.25) is 0 Å². The predicted octanol–water partition coefficient (Wildman–Crippen LogP) is 4.61. The average molecular weight is 440 g/mol. The second-order valence-corrected chi connectivity index (χ2v) is 8.33. The van der Waals surface area contributed by atoms with Gasteiger partial charge in [-0.2, -0.15) is 0 Å². The van der Waals surface area contributed by atoms with Crippen LogP contribution in [0.25, 0.3) is 10.8 Å². The summed E-state index contributed by atoms with van der Waals surface area (Å²) in [5.41, 5.74) is -0.223. The molecule has 0 radical (unpaired) electrons. The summed E-state index contributed by atoms with van der Waals surface area (Å²) in [4.78, 5) is 26.5.